The molecule has 9 heteroatoms. The lowest BCUT2D eigenvalue weighted by Gasteiger charge is -2.20. The van der Waals surface area contributed by atoms with Gasteiger partial charge in [0.1, 0.15) is 17.6 Å². The van der Waals surface area contributed by atoms with Crippen LogP contribution in [-0.2, 0) is 9.59 Å². The average Bonchev–Trinajstić information content (AvgIpc) is 2.54. The van der Waals surface area contributed by atoms with Gasteiger partial charge in [-0.2, -0.15) is 5.26 Å². The third-order valence-electron chi connectivity index (χ3n) is 2.97. The first-order valence-electron chi connectivity index (χ1n) is 7.29. The van der Waals surface area contributed by atoms with Gasteiger partial charge in [0.15, 0.2) is 0 Å². The Balaban J connectivity index is 0.000000823. The maximum atomic E-state index is 13.3. The first-order chi connectivity index (χ1) is 11.6. The summed E-state index contributed by atoms with van der Waals surface area (Å²) in [6.07, 6.45) is 1.63. The topological polar surface area (TPSA) is 111 Å². The summed E-state index contributed by atoms with van der Waals surface area (Å²) in [5, 5.41) is 23.7. The van der Waals surface area contributed by atoms with Gasteiger partial charge in [-0.1, -0.05) is 18.5 Å². The van der Waals surface area contributed by atoms with Crippen LogP contribution >= 0.6 is 11.6 Å². The maximum Gasteiger partial charge on any atom is 0.414 e. The third kappa shape index (κ3) is 8.88. The summed E-state index contributed by atoms with van der Waals surface area (Å²) >= 11 is 5.72. The molecule has 0 aliphatic rings. The van der Waals surface area contributed by atoms with Gasteiger partial charge in [-0.15, -0.1) is 0 Å². The first-order valence-corrected chi connectivity index (χ1v) is 7.66. The third-order valence-corrected chi connectivity index (χ3v) is 3.26. The highest BCUT2D eigenvalue weighted by molar-refractivity contribution is 6.30. The van der Waals surface area contributed by atoms with Crippen molar-refractivity contribution in [1.29, 1.82) is 5.26 Å². The van der Waals surface area contributed by atoms with Gasteiger partial charge in [0, 0.05) is 12.6 Å². The molecule has 7 nitrogen and oxygen atoms in total. The molecule has 0 aliphatic heterocycles. The Morgan fingerprint density at radius 3 is 2.32 bits per heavy atom. The number of aliphatic carboxylic acids is 2. The van der Waals surface area contributed by atoms with E-state index in [4.69, 9.17) is 41.4 Å². The summed E-state index contributed by atoms with van der Waals surface area (Å²) in [5.74, 6) is -3.91. The molecule has 0 saturated carbocycles. The van der Waals surface area contributed by atoms with Crippen LogP contribution in [0.25, 0.3) is 0 Å². The molecular formula is C16H20ClFN2O5. The van der Waals surface area contributed by atoms with Gasteiger partial charge in [0.05, 0.1) is 16.7 Å². The smallest absolute Gasteiger partial charge is 0.414 e. The second-order valence-corrected chi connectivity index (χ2v) is 5.63. The van der Waals surface area contributed by atoms with Crippen molar-refractivity contribution < 1.29 is 28.9 Å². The number of benzene rings is 1. The largest absolute Gasteiger partial charge is 0.489 e. The molecule has 0 amide bonds. The Morgan fingerprint density at radius 2 is 1.92 bits per heavy atom. The highest BCUT2D eigenvalue weighted by atomic mass is 35.5. The summed E-state index contributed by atoms with van der Waals surface area (Å²) in [6, 6.07) is 4.40. The molecule has 1 aromatic carbocycles. The van der Waals surface area contributed by atoms with Gasteiger partial charge >= 0.3 is 11.9 Å². The van der Waals surface area contributed by atoms with E-state index in [0.717, 1.165) is 25.5 Å². The SMILES string of the molecule is CCC(CCN(C)C)Oc1cc(Cl)c(F)cc1C#N.O=C(O)C(=O)O. The van der Waals surface area contributed by atoms with E-state index in [2.05, 4.69) is 4.90 Å². The van der Waals surface area contributed by atoms with Crippen molar-refractivity contribution in [3.8, 4) is 11.8 Å². The van der Waals surface area contributed by atoms with Crippen molar-refractivity contribution in [1.82, 2.24) is 4.90 Å². The minimum atomic E-state index is -1.82. The predicted molar refractivity (Wildman–Crippen MR) is 89.3 cm³/mol. The number of nitrogens with zero attached hydrogens (tertiary/aromatic N) is 2. The molecule has 0 aliphatic carbocycles. The van der Waals surface area contributed by atoms with Gasteiger partial charge in [-0.25, -0.2) is 14.0 Å². The number of carboxylic acids is 2. The molecule has 1 aromatic rings. The number of hydrogen-bond donors (Lipinski definition) is 2. The molecule has 0 radical (unpaired) electrons. The Kier molecular flexibility index (Phi) is 10.2. The van der Waals surface area contributed by atoms with Crippen LogP contribution in [-0.4, -0.2) is 53.8 Å². The fourth-order valence-electron chi connectivity index (χ4n) is 1.64. The molecule has 138 valence electrons. The van der Waals surface area contributed by atoms with E-state index in [9.17, 15) is 4.39 Å². The number of ether oxygens (including phenoxy) is 1. The van der Waals surface area contributed by atoms with E-state index in [1.54, 1.807) is 0 Å². The normalized spacial score (nSPS) is 11.1. The Bertz CT molecular complexity index is 634. The molecule has 0 bridgehead atoms. The van der Waals surface area contributed by atoms with E-state index >= 15 is 0 Å². The molecule has 0 saturated heterocycles. The molecule has 1 unspecified atom stereocenters. The second kappa shape index (κ2) is 11.2. The fourth-order valence-corrected chi connectivity index (χ4v) is 1.80. The number of rotatable bonds is 6. The average molecular weight is 375 g/mol. The molecule has 0 heterocycles. The van der Waals surface area contributed by atoms with Crippen LogP contribution in [0.5, 0.6) is 5.75 Å². The summed E-state index contributed by atoms with van der Waals surface area (Å²) in [4.78, 5) is 20.3. The predicted octanol–water partition coefficient (Wildman–Crippen LogP) is 2.62. The van der Waals surface area contributed by atoms with Crippen LogP contribution in [0.1, 0.15) is 25.3 Å². The zero-order valence-electron chi connectivity index (χ0n) is 14.1. The number of hydrogen-bond acceptors (Lipinski definition) is 5. The minimum Gasteiger partial charge on any atom is -0.489 e. The van der Waals surface area contributed by atoms with Crippen LogP contribution in [0.3, 0.4) is 0 Å². The minimum absolute atomic E-state index is 0.0176. The van der Waals surface area contributed by atoms with E-state index in [0.29, 0.717) is 5.75 Å². The number of halogens is 2. The molecule has 1 atom stereocenters. The Labute approximate surface area is 150 Å². The van der Waals surface area contributed by atoms with Crippen LogP contribution in [0, 0.1) is 17.1 Å². The van der Waals surface area contributed by atoms with Gasteiger partial charge in [0.2, 0.25) is 0 Å². The van der Waals surface area contributed by atoms with Crippen molar-refractivity contribution in [3.05, 3.63) is 28.5 Å². The van der Waals surface area contributed by atoms with E-state index in [1.807, 2.05) is 27.1 Å². The van der Waals surface area contributed by atoms with Crippen LogP contribution in [0.15, 0.2) is 12.1 Å². The lowest BCUT2D eigenvalue weighted by atomic mass is 10.1. The van der Waals surface area contributed by atoms with Crippen molar-refractivity contribution >= 4 is 23.5 Å². The molecule has 25 heavy (non-hydrogen) atoms. The lowest BCUT2D eigenvalue weighted by molar-refractivity contribution is -0.159. The van der Waals surface area contributed by atoms with Crippen LogP contribution in [0.4, 0.5) is 4.39 Å². The molecular weight excluding hydrogens is 355 g/mol. The second-order valence-electron chi connectivity index (χ2n) is 5.22. The summed E-state index contributed by atoms with van der Waals surface area (Å²) in [6.45, 7) is 2.90. The molecule has 2 N–H and O–H groups in total. The lowest BCUT2D eigenvalue weighted by Crippen LogP contribution is -2.23. The number of nitriles is 1. The van der Waals surface area contributed by atoms with Crippen molar-refractivity contribution in [2.45, 2.75) is 25.9 Å². The molecule has 0 spiro atoms. The van der Waals surface area contributed by atoms with Crippen molar-refractivity contribution in [2.75, 3.05) is 20.6 Å². The number of carboxylic acid groups (broad SMARTS) is 2. The highest BCUT2D eigenvalue weighted by Crippen LogP contribution is 2.27. The van der Waals surface area contributed by atoms with Crippen LogP contribution in [0.2, 0.25) is 5.02 Å². The number of carbonyl (C=O) groups is 2. The first kappa shape index (κ1) is 22.6. The van der Waals surface area contributed by atoms with E-state index in [1.165, 1.54) is 6.07 Å². The van der Waals surface area contributed by atoms with E-state index < -0.39 is 17.8 Å². The molecule has 0 aromatic heterocycles. The molecule has 1 rings (SSSR count). The zero-order valence-corrected chi connectivity index (χ0v) is 14.9. The maximum absolute atomic E-state index is 13.3. The van der Waals surface area contributed by atoms with Crippen molar-refractivity contribution in [3.63, 3.8) is 0 Å². The Hall–Kier alpha value is -2.37. The van der Waals surface area contributed by atoms with Crippen molar-refractivity contribution in [2.24, 2.45) is 0 Å². The van der Waals surface area contributed by atoms with E-state index in [-0.39, 0.29) is 16.7 Å². The van der Waals surface area contributed by atoms with Gasteiger partial charge in [-0.3, -0.25) is 0 Å². The molecule has 0 fully saturated rings. The standard InChI is InChI=1S/C14H18ClFN2O.C2H2O4/c1-4-11(5-6-18(2)3)19-14-8-12(15)13(16)7-10(14)9-17;3-1(4)2(5)6/h7-8,11H,4-6H2,1-3H3;(H,3,4)(H,5,6). The monoisotopic (exact) mass is 374 g/mol. The van der Waals surface area contributed by atoms with Gasteiger partial charge in [-0.05, 0) is 33.0 Å². The van der Waals surface area contributed by atoms with Gasteiger partial charge < -0.3 is 19.8 Å². The summed E-state index contributed by atoms with van der Waals surface area (Å²) in [5.41, 5.74) is 0.171. The summed E-state index contributed by atoms with van der Waals surface area (Å²) < 4.78 is 19.0. The summed E-state index contributed by atoms with van der Waals surface area (Å²) in [7, 11) is 3.98. The fraction of sp³-hybridized carbons (Fsp3) is 0.438. The Morgan fingerprint density at radius 1 is 1.36 bits per heavy atom. The highest BCUT2D eigenvalue weighted by Gasteiger charge is 2.14. The van der Waals surface area contributed by atoms with Gasteiger partial charge in [0.25, 0.3) is 0 Å². The van der Waals surface area contributed by atoms with Crippen LogP contribution < -0.4 is 4.74 Å². The zero-order chi connectivity index (χ0) is 19.6. The quantitative estimate of drug-likeness (QED) is 0.736.